The topological polar surface area (TPSA) is 93.7 Å². The fourth-order valence-electron chi connectivity index (χ4n) is 5.23. The molecule has 0 N–H and O–H groups in total. The number of aromatic nitrogens is 3. The van der Waals surface area contributed by atoms with Crippen molar-refractivity contribution in [3.05, 3.63) is 89.8 Å². The number of carbonyl (C=O) groups is 2. The zero-order valence-corrected chi connectivity index (χ0v) is 19.3. The maximum absolute atomic E-state index is 13.9. The third-order valence-corrected chi connectivity index (χ3v) is 6.98. The first kappa shape index (κ1) is 21.2. The van der Waals surface area contributed by atoms with Crippen molar-refractivity contribution in [1.82, 2.24) is 24.5 Å². The van der Waals surface area contributed by atoms with E-state index in [0.717, 1.165) is 16.7 Å². The van der Waals surface area contributed by atoms with Crippen LogP contribution in [0.1, 0.15) is 32.1 Å². The Bertz CT molecular complexity index is 1430. The Balaban J connectivity index is 1.51. The van der Waals surface area contributed by atoms with Gasteiger partial charge in [0.25, 0.3) is 11.8 Å². The van der Waals surface area contributed by atoms with Crippen LogP contribution in [-0.4, -0.2) is 56.5 Å². The number of fused-ring (bicyclic) bond motifs is 2. The number of hydrogen-bond donors (Lipinski definition) is 0. The molecule has 2 amide bonds. The molecule has 2 aliphatic rings. The van der Waals surface area contributed by atoms with Gasteiger partial charge in [-0.3, -0.25) is 14.6 Å². The average molecular weight is 470 g/mol. The Hall–Kier alpha value is -4.40. The first-order valence-corrected chi connectivity index (χ1v) is 11.3. The summed E-state index contributed by atoms with van der Waals surface area (Å²) in [6.07, 6.45) is 6.80. The van der Waals surface area contributed by atoms with Crippen molar-refractivity contribution in [1.29, 1.82) is 0 Å². The maximum Gasteiger partial charge on any atom is 0.272 e. The summed E-state index contributed by atoms with van der Waals surface area (Å²) in [4.78, 5) is 35.3. The normalized spacial score (nSPS) is 19.0. The molecule has 9 heteroatoms. The number of rotatable bonds is 4. The monoisotopic (exact) mass is 469 g/mol. The van der Waals surface area contributed by atoms with E-state index in [4.69, 9.17) is 9.26 Å². The SMILES string of the molecule is COc1ccc(C23Cn4cc(-c5ccncc5)cc4C(=O)N2CCN3C(=O)c2conc2C)cc1. The molecule has 1 aromatic carbocycles. The van der Waals surface area contributed by atoms with Gasteiger partial charge in [-0.15, -0.1) is 0 Å². The van der Waals surface area contributed by atoms with E-state index in [-0.39, 0.29) is 11.8 Å². The van der Waals surface area contributed by atoms with Gasteiger partial charge in [0.2, 0.25) is 0 Å². The van der Waals surface area contributed by atoms with Crippen molar-refractivity contribution in [2.75, 3.05) is 20.2 Å². The number of methoxy groups -OCH3 is 1. The molecule has 1 atom stereocenters. The van der Waals surface area contributed by atoms with Crippen LogP contribution in [0.15, 0.2) is 71.8 Å². The lowest BCUT2D eigenvalue weighted by molar-refractivity contribution is -0.00597. The molecule has 35 heavy (non-hydrogen) atoms. The first-order chi connectivity index (χ1) is 17.0. The predicted octanol–water partition coefficient (Wildman–Crippen LogP) is 3.32. The lowest BCUT2D eigenvalue weighted by Gasteiger charge is -2.47. The molecule has 5 heterocycles. The van der Waals surface area contributed by atoms with Crippen LogP contribution in [-0.2, 0) is 12.2 Å². The second-order valence-corrected chi connectivity index (χ2v) is 8.75. The van der Waals surface area contributed by atoms with Crippen molar-refractivity contribution < 1.29 is 18.8 Å². The van der Waals surface area contributed by atoms with Crippen molar-refractivity contribution in [2.24, 2.45) is 0 Å². The molecule has 0 spiro atoms. The van der Waals surface area contributed by atoms with E-state index in [0.29, 0.717) is 42.3 Å². The number of carbonyl (C=O) groups excluding carboxylic acids is 2. The van der Waals surface area contributed by atoms with Crippen molar-refractivity contribution in [3.8, 4) is 16.9 Å². The number of ether oxygens (including phenoxy) is 1. The van der Waals surface area contributed by atoms with Crippen LogP contribution in [0.5, 0.6) is 5.75 Å². The van der Waals surface area contributed by atoms with Gasteiger partial charge in [0.05, 0.1) is 19.3 Å². The van der Waals surface area contributed by atoms with Gasteiger partial charge in [0, 0.05) is 42.8 Å². The molecular formula is C26H23N5O4. The number of nitrogens with zero attached hydrogens (tertiary/aromatic N) is 5. The highest BCUT2D eigenvalue weighted by Gasteiger charge is 2.56. The lowest BCUT2D eigenvalue weighted by Crippen LogP contribution is -2.60. The molecule has 0 saturated carbocycles. The van der Waals surface area contributed by atoms with Crippen molar-refractivity contribution in [3.63, 3.8) is 0 Å². The van der Waals surface area contributed by atoms with Gasteiger partial charge < -0.3 is 23.6 Å². The van der Waals surface area contributed by atoms with Gasteiger partial charge >= 0.3 is 0 Å². The van der Waals surface area contributed by atoms with E-state index in [2.05, 4.69) is 10.1 Å². The van der Waals surface area contributed by atoms with Crippen LogP contribution < -0.4 is 4.74 Å². The van der Waals surface area contributed by atoms with Crippen LogP contribution in [0.3, 0.4) is 0 Å². The molecule has 0 aliphatic carbocycles. The Kier molecular flexibility index (Phi) is 4.73. The minimum atomic E-state index is -1.01. The van der Waals surface area contributed by atoms with E-state index in [1.165, 1.54) is 6.26 Å². The molecular weight excluding hydrogens is 446 g/mol. The van der Waals surface area contributed by atoms with Gasteiger partial charge in [-0.05, 0) is 42.8 Å². The molecule has 176 valence electrons. The Morgan fingerprint density at radius 1 is 1.09 bits per heavy atom. The fourth-order valence-corrected chi connectivity index (χ4v) is 5.23. The Morgan fingerprint density at radius 2 is 1.86 bits per heavy atom. The molecule has 1 fully saturated rings. The highest BCUT2D eigenvalue weighted by atomic mass is 16.5. The molecule has 1 saturated heterocycles. The number of benzene rings is 1. The van der Waals surface area contributed by atoms with Crippen molar-refractivity contribution >= 4 is 11.8 Å². The fraction of sp³-hybridized carbons (Fsp3) is 0.231. The number of hydrogen-bond acceptors (Lipinski definition) is 6. The van der Waals surface area contributed by atoms with E-state index < -0.39 is 5.66 Å². The summed E-state index contributed by atoms with van der Waals surface area (Å²) < 4.78 is 12.4. The van der Waals surface area contributed by atoms with Gasteiger partial charge in [-0.1, -0.05) is 17.3 Å². The summed E-state index contributed by atoms with van der Waals surface area (Å²) in [5, 5.41) is 3.89. The van der Waals surface area contributed by atoms with E-state index in [9.17, 15) is 9.59 Å². The first-order valence-electron chi connectivity index (χ1n) is 11.3. The second kappa shape index (κ2) is 7.83. The summed E-state index contributed by atoms with van der Waals surface area (Å²) in [5.41, 5.74) is 3.22. The molecule has 2 aliphatic heterocycles. The molecule has 4 aromatic rings. The number of pyridine rings is 1. The van der Waals surface area contributed by atoms with Gasteiger partial charge in [-0.2, -0.15) is 0 Å². The average Bonchev–Trinajstić information content (AvgIpc) is 3.62. The van der Waals surface area contributed by atoms with Crippen LogP contribution in [0, 0.1) is 6.92 Å². The third kappa shape index (κ3) is 3.08. The van der Waals surface area contributed by atoms with Gasteiger partial charge in [-0.25, -0.2) is 0 Å². The summed E-state index contributed by atoms with van der Waals surface area (Å²) in [6, 6.07) is 13.3. The zero-order valence-electron chi connectivity index (χ0n) is 19.3. The van der Waals surface area contributed by atoms with Crippen molar-refractivity contribution in [2.45, 2.75) is 19.1 Å². The van der Waals surface area contributed by atoms with Crippen LogP contribution >= 0.6 is 0 Å². The van der Waals surface area contributed by atoms with E-state index >= 15 is 0 Å². The van der Waals surface area contributed by atoms with Crippen LogP contribution in [0.25, 0.3) is 11.1 Å². The standard InChI is InChI=1S/C26H23N5O4/c1-17-22(15-35-28-17)24(32)30-11-12-31-25(33)23-13-19(18-7-9-27-10-8-18)14-29(23)16-26(30,31)20-3-5-21(34-2)6-4-20/h3-10,13-15H,11-12,16H2,1-2H3. The Morgan fingerprint density at radius 3 is 2.54 bits per heavy atom. The molecule has 1 unspecified atom stereocenters. The molecule has 3 aromatic heterocycles. The quantitative estimate of drug-likeness (QED) is 0.455. The summed E-state index contributed by atoms with van der Waals surface area (Å²) in [7, 11) is 1.61. The number of aryl methyl sites for hydroxylation is 1. The van der Waals surface area contributed by atoms with E-state index in [1.807, 2.05) is 53.2 Å². The maximum atomic E-state index is 13.9. The number of amides is 2. The minimum Gasteiger partial charge on any atom is -0.497 e. The summed E-state index contributed by atoms with van der Waals surface area (Å²) >= 11 is 0. The summed E-state index contributed by atoms with van der Waals surface area (Å²) in [5.74, 6) is 0.357. The zero-order chi connectivity index (χ0) is 24.2. The molecule has 9 nitrogen and oxygen atoms in total. The molecule has 0 bridgehead atoms. The van der Waals surface area contributed by atoms with Crippen LogP contribution in [0.2, 0.25) is 0 Å². The van der Waals surface area contributed by atoms with Gasteiger partial charge in [0.1, 0.15) is 23.3 Å². The smallest absolute Gasteiger partial charge is 0.272 e. The Labute approximate surface area is 201 Å². The van der Waals surface area contributed by atoms with Gasteiger partial charge in [0.15, 0.2) is 5.66 Å². The molecule has 0 radical (unpaired) electrons. The third-order valence-electron chi connectivity index (χ3n) is 6.98. The largest absolute Gasteiger partial charge is 0.497 e. The minimum absolute atomic E-state index is 0.121. The molecule has 6 rings (SSSR count). The lowest BCUT2D eigenvalue weighted by atomic mass is 9.93. The van der Waals surface area contributed by atoms with E-state index in [1.54, 1.807) is 36.2 Å². The predicted molar refractivity (Wildman–Crippen MR) is 126 cm³/mol. The summed E-state index contributed by atoms with van der Waals surface area (Å²) in [6.45, 7) is 2.93. The highest BCUT2D eigenvalue weighted by Crippen LogP contribution is 2.44. The highest BCUT2D eigenvalue weighted by molar-refractivity contribution is 5.99. The van der Waals surface area contributed by atoms with Crippen LogP contribution in [0.4, 0.5) is 0 Å². The second-order valence-electron chi connectivity index (χ2n) is 8.75.